The van der Waals surface area contributed by atoms with Gasteiger partial charge in [-0.2, -0.15) is 4.98 Å². The Morgan fingerprint density at radius 3 is 2.52 bits per heavy atom. The number of hydrogen-bond donors (Lipinski definition) is 0. The zero-order valence-corrected chi connectivity index (χ0v) is 17.9. The van der Waals surface area contributed by atoms with E-state index >= 15 is 0 Å². The largest absolute Gasteiger partial charge is 0.332 e. The first-order valence-corrected chi connectivity index (χ1v) is 10.7. The number of fused-ring (bicyclic) bond motifs is 4. The number of anilines is 2. The molecule has 164 valence electrons. The van der Waals surface area contributed by atoms with Gasteiger partial charge in [-0.1, -0.05) is 42.5 Å². The van der Waals surface area contributed by atoms with Crippen molar-refractivity contribution in [1.82, 2.24) is 18.7 Å². The number of imidazole rings is 1. The van der Waals surface area contributed by atoms with Crippen molar-refractivity contribution in [3.63, 3.8) is 0 Å². The van der Waals surface area contributed by atoms with E-state index in [1.54, 1.807) is 19.2 Å². The molecule has 1 aliphatic rings. The molecule has 2 aromatic heterocycles. The Morgan fingerprint density at radius 2 is 1.70 bits per heavy atom. The molecule has 1 aliphatic heterocycles. The fraction of sp³-hybridized carbons (Fsp3) is 0.160. The van der Waals surface area contributed by atoms with Crippen molar-refractivity contribution in [3.05, 3.63) is 98.9 Å². The number of hydrogen-bond acceptors (Lipinski definition) is 4. The van der Waals surface area contributed by atoms with Gasteiger partial charge in [-0.3, -0.25) is 13.9 Å². The second-order valence-corrected chi connectivity index (χ2v) is 8.23. The first-order valence-electron chi connectivity index (χ1n) is 10.7. The number of nitrogens with zero attached hydrogens (tertiary/aromatic N) is 5. The van der Waals surface area contributed by atoms with Crippen LogP contribution in [0.15, 0.2) is 76.3 Å². The summed E-state index contributed by atoms with van der Waals surface area (Å²) in [7, 11) is 1.63. The van der Waals surface area contributed by atoms with Crippen molar-refractivity contribution in [2.45, 2.75) is 13.1 Å². The topological polar surface area (TPSA) is 65.1 Å². The van der Waals surface area contributed by atoms with Gasteiger partial charge in [-0.05, 0) is 40.6 Å². The standard InChI is InChI=1S/C25H20FN5O2/c1-28-22-21(30-14-13-29(24(30)27-22)19-11-9-18(26)10-12-19)23(32)31(25(28)33)15-17-7-4-6-16-5-2-3-8-20(16)17/h2-12H,13-15H2,1H3. The molecule has 5 aromatic rings. The summed E-state index contributed by atoms with van der Waals surface area (Å²) in [5.74, 6) is 0.261. The van der Waals surface area contributed by atoms with Gasteiger partial charge in [0.15, 0.2) is 11.2 Å². The molecule has 0 spiro atoms. The molecule has 0 bridgehead atoms. The normalized spacial score (nSPS) is 13.2. The number of rotatable bonds is 3. The summed E-state index contributed by atoms with van der Waals surface area (Å²) in [5.41, 5.74) is 1.66. The van der Waals surface area contributed by atoms with Crippen LogP contribution in [0.2, 0.25) is 0 Å². The minimum absolute atomic E-state index is 0.172. The van der Waals surface area contributed by atoms with Crippen LogP contribution >= 0.6 is 0 Å². The zero-order chi connectivity index (χ0) is 22.7. The van der Waals surface area contributed by atoms with Gasteiger partial charge < -0.3 is 9.47 Å². The number of aryl methyl sites for hydroxylation is 1. The highest BCUT2D eigenvalue weighted by atomic mass is 19.1. The van der Waals surface area contributed by atoms with Crippen LogP contribution in [0, 0.1) is 5.82 Å². The van der Waals surface area contributed by atoms with E-state index in [0.717, 1.165) is 22.0 Å². The van der Waals surface area contributed by atoms with E-state index in [9.17, 15) is 14.0 Å². The van der Waals surface area contributed by atoms with Crippen molar-refractivity contribution < 1.29 is 4.39 Å². The van der Waals surface area contributed by atoms with Gasteiger partial charge in [0, 0.05) is 25.8 Å². The fourth-order valence-corrected chi connectivity index (χ4v) is 4.68. The van der Waals surface area contributed by atoms with Crippen LogP contribution in [0.1, 0.15) is 5.56 Å². The molecule has 6 rings (SSSR count). The summed E-state index contributed by atoms with van der Waals surface area (Å²) in [6.07, 6.45) is 0. The highest BCUT2D eigenvalue weighted by molar-refractivity contribution is 5.85. The quantitative estimate of drug-likeness (QED) is 0.431. The van der Waals surface area contributed by atoms with Gasteiger partial charge in [-0.15, -0.1) is 0 Å². The molecule has 0 radical (unpaired) electrons. The molecule has 0 atom stereocenters. The number of aromatic nitrogens is 4. The number of halogens is 1. The van der Waals surface area contributed by atoms with Crippen LogP contribution in [0.5, 0.6) is 0 Å². The van der Waals surface area contributed by atoms with E-state index in [-0.39, 0.29) is 17.9 Å². The molecule has 0 fully saturated rings. The molecule has 0 N–H and O–H groups in total. The van der Waals surface area contributed by atoms with Gasteiger partial charge in [0.2, 0.25) is 5.95 Å². The minimum atomic E-state index is -0.412. The lowest BCUT2D eigenvalue weighted by atomic mass is 10.0. The molecule has 3 aromatic carbocycles. The molecule has 0 saturated heterocycles. The van der Waals surface area contributed by atoms with Crippen LogP contribution < -0.4 is 16.1 Å². The summed E-state index contributed by atoms with van der Waals surface area (Å²) >= 11 is 0. The molecule has 7 nitrogen and oxygen atoms in total. The third kappa shape index (κ3) is 2.91. The highest BCUT2D eigenvalue weighted by Gasteiger charge is 2.28. The average Bonchev–Trinajstić information content (AvgIpc) is 3.41. The smallest absolute Gasteiger partial charge is 0.310 e. The molecule has 0 aliphatic carbocycles. The lowest BCUT2D eigenvalue weighted by molar-refractivity contribution is 0.628. The van der Waals surface area contributed by atoms with Gasteiger partial charge in [0.05, 0.1) is 6.54 Å². The summed E-state index contributed by atoms with van der Waals surface area (Å²) in [4.78, 5) is 33.3. The van der Waals surface area contributed by atoms with Gasteiger partial charge in [0.25, 0.3) is 5.56 Å². The summed E-state index contributed by atoms with van der Waals surface area (Å²) < 4.78 is 17.9. The molecular weight excluding hydrogens is 421 g/mol. The van der Waals surface area contributed by atoms with Crippen LogP contribution in [0.3, 0.4) is 0 Å². The van der Waals surface area contributed by atoms with E-state index in [1.165, 1.54) is 21.3 Å². The first kappa shape index (κ1) is 19.5. The van der Waals surface area contributed by atoms with E-state index < -0.39 is 5.69 Å². The van der Waals surface area contributed by atoms with Gasteiger partial charge in [-0.25, -0.2) is 9.18 Å². The highest BCUT2D eigenvalue weighted by Crippen LogP contribution is 2.31. The van der Waals surface area contributed by atoms with Gasteiger partial charge in [0.1, 0.15) is 5.82 Å². The Hall–Kier alpha value is -4.20. The fourth-order valence-electron chi connectivity index (χ4n) is 4.68. The average molecular weight is 441 g/mol. The van der Waals surface area contributed by atoms with Crippen LogP contribution in [0.4, 0.5) is 16.0 Å². The maximum atomic E-state index is 13.6. The van der Waals surface area contributed by atoms with Crippen molar-refractivity contribution in [2.75, 3.05) is 11.4 Å². The van der Waals surface area contributed by atoms with Crippen molar-refractivity contribution in [3.8, 4) is 0 Å². The third-order valence-electron chi connectivity index (χ3n) is 6.35. The Balaban J connectivity index is 1.52. The number of benzene rings is 3. The third-order valence-corrected chi connectivity index (χ3v) is 6.35. The predicted molar refractivity (Wildman–Crippen MR) is 126 cm³/mol. The predicted octanol–water partition coefficient (Wildman–Crippen LogP) is 3.39. The van der Waals surface area contributed by atoms with Crippen molar-refractivity contribution >= 4 is 33.6 Å². The Morgan fingerprint density at radius 1 is 0.939 bits per heavy atom. The summed E-state index contributed by atoms with van der Waals surface area (Å²) in [6.45, 7) is 1.32. The Bertz CT molecular complexity index is 1660. The van der Waals surface area contributed by atoms with E-state index in [0.29, 0.717) is 30.2 Å². The Kier molecular flexibility index (Phi) is 4.23. The van der Waals surface area contributed by atoms with E-state index in [4.69, 9.17) is 0 Å². The first-order chi connectivity index (χ1) is 16.0. The zero-order valence-electron chi connectivity index (χ0n) is 17.9. The lowest BCUT2D eigenvalue weighted by Crippen LogP contribution is -2.40. The van der Waals surface area contributed by atoms with Gasteiger partial charge >= 0.3 is 5.69 Å². The van der Waals surface area contributed by atoms with E-state index in [2.05, 4.69) is 4.98 Å². The maximum Gasteiger partial charge on any atom is 0.332 e. The molecule has 0 unspecified atom stereocenters. The van der Waals surface area contributed by atoms with E-state index in [1.807, 2.05) is 51.9 Å². The molecule has 0 saturated carbocycles. The lowest BCUT2D eigenvalue weighted by Gasteiger charge is -2.15. The van der Waals surface area contributed by atoms with Crippen LogP contribution in [0.25, 0.3) is 21.9 Å². The summed E-state index contributed by atoms with van der Waals surface area (Å²) in [5, 5.41) is 2.07. The molecule has 3 heterocycles. The van der Waals surface area contributed by atoms with Crippen molar-refractivity contribution in [2.24, 2.45) is 7.05 Å². The molecule has 0 amide bonds. The van der Waals surface area contributed by atoms with Crippen molar-refractivity contribution in [1.29, 1.82) is 0 Å². The monoisotopic (exact) mass is 441 g/mol. The molecule has 33 heavy (non-hydrogen) atoms. The Labute approximate surface area is 187 Å². The SMILES string of the molecule is Cn1c(=O)n(Cc2cccc3ccccc23)c(=O)c2c1nc1n2CCN1c1ccc(F)cc1. The maximum absolute atomic E-state index is 13.6. The molecule has 8 heteroatoms. The minimum Gasteiger partial charge on any atom is -0.310 e. The second kappa shape index (κ2) is 7.16. The summed E-state index contributed by atoms with van der Waals surface area (Å²) in [6, 6.07) is 20.0. The van der Waals surface area contributed by atoms with Crippen LogP contribution in [-0.4, -0.2) is 25.2 Å². The van der Waals surface area contributed by atoms with Crippen LogP contribution in [-0.2, 0) is 20.1 Å². The molecular formula is C25H20FN5O2. The second-order valence-electron chi connectivity index (χ2n) is 8.23.